The maximum absolute atomic E-state index is 12.5. The van der Waals surface area contributed by atoms with Gasteiger partial charge in [-0.15, -0.1) is 0 Å². The molecule has 152 valence electrons. The number of alkyl halides is 2. The largest absolute Gasteiger partial charge is 0.505 e. The number of fused-ring (bicyclic) bond motifs is 1. The maximum atomic E-state index is 12.5. The molecule has 0 fully saturated rings. The monoisotopic (exact) mass is 410 g/mol. The lowest BCUT2D eigenvalue weighted by Gasteiger charge is -2.18. The number of hydrogen-bond donors (Lipinski definition) is 3. The fourth-order valence-corrected chi connectivity index (χ4v) is 3.25. The van der Waals surface area contributed by atoms with E-state index < -0.39 is 12.7 Å². The van der Waals surface area contributed by atoms with Gasteiger partial charge in [0.1, 0.15) is 23.1 Å². The molecule has 0 saturated carbocycles. The molecule has 0 unspecified atom stereocenters. The molecule has 0 spiro atoms. The van der Waals surface area contributed by atoms with Crippen molar-refractivity contribution in [2.45, 2.75) is 12.7 Å². The second-order valence-electron chi connectivity index (χ2n) is 6.53. The molecule has 0 aliphatic rings. The summed E-state index contributed by atoms with van der Waals surface area (Å²) in [4.78, 5) is 7.17. The van der Waals surface area contributed by atoms with Crippen LogP contribution in [0.4, 0.5) is 14.6 Å². The number of rotatable bonds is 6. The molecule has 30 heavy (non-hydrogen) atoms. The van der Waals surface area contributed by atoms with Crippen LogP contribution in [0.1, 0.15) is 17.2 Å². The normalized spacial score (nSPS) is 12.1. The highest BCUT2D eigenvalue weighted by atomic mass is 19.3. The van der Waals surface area contributed by atoms with Gasteiger partial charge in [-0.05, 0) is 36.4 Å². The number of nitrogens with one attached hydrogen (secondary N) is 2. The molecule has 0 aliphatic carbocycles. The summed E-state index contributed by atoms with van der Waals surface area (Å²) in [5, 5.41) is 25.0. The molecule has 4 rings (SSSR count). The number of aromatic hydroxyl groups is 2. The summed E-state index contributed by atoms with van der Waals surface area (Å²) < 4.78 is 29.4. The molecule has 1 atom stereocenters. The number of benzene rings is 2. The van der Waals surface area contributed by atoms with E-state index in [1.165, 1.54) is 18.2 Å². The molecule has 0 bridgehead atoms. The van der Waals surface area contributed by atoms with Gasteiger partial charge in [-0.3, -0.25) is 10.3 Å². The predicted octanol–water partition coefficient (Wildman–Crippen LogP) is 4.26. The molecule has 0 radical (unpaired) electrons. The number of phenolic OH excluding ortho intramolecular Hbond substituents is 1. The zero-order valence-electron chi connectivity index (χ0n) is 15.6. The van der Waals surface area contributed by atoms with Gasteiger partial charge in [0, 0.05) is 22.7 Å². The summed E-state index contributed by atoms with van der Waals surface area (Å²) in [6.45, 7) is -2.92. The Bertz CT molecular complexity index is 1170. The van der Waals surface area contributed by atoms with Crippen molar-refractivity contribution < 1.29 is 28.7 Å². The number of ether oxygens (including phenoxy) is 1. The highest BCUT2D eigenvalue weighted by molar-refractivity contribution is 5.86. The van der Waals surface area contributed by atoms with Crippen LogP contribution in [0, 0.1) is 0 Å². The van der Waals surface area contributed by atoms with E-state index in [2.05, 4.69) is 20.0 Å². The molecule has 4 N–H and O–H groups in total. The molecule has 4 aromatic rings. The second kappa shape index (κ2) is 8.20. The topological polar surface area (TPSA) is 88.8 Å². The zero-order valence-corrected chi connectivity index (χ0v) is 15.6. The van der Waals surface area contributed by atoms with E-state index in [9.17, 15) is 19.0 Å². The van der Waals surface area contributed by atoms with E-state index in [0.29, 0.717) is 22.5 Å². The third-order valence-electron chi connectivity index (χ3n) is 4.65. The lowest BCUT2D eigenvalue weighted by Crippen LogP contribution is -2.19. The van der Waals surface area contributed by atoms with E-state index in [4.69, 9.17) is 0 Å². The fourth-order valence-electron chi connectivity index (χ4n) is 3.25. The van der Waals surface area contributed by atoms with Gasteiger partial charge in [0.25, 0.3) is 0 Å². The van der Waals surface area contributed by atoms with E-state index in [-0.39, 0.29) is 17.2 Å². The number of aromatic nitrogens is 2. The van der Waals surface area contributed by atoms with Crippen LogP contribution in [0.2, 0.25) is 0 Å². The number of anilines is 1. The number of phenols is 1. The Kier molecular flexibility index (Phi) is 5.30. The number of hydrogen-bond acceptors (Lipinski definition) is 5. The van der Waals surface area contributed by atoms with Gasteiger partial charge < -0.3 is 14.9 Å². The quantitative estimate of drug-likeness (QED) is 0.442. The molecule has 2 heterocycles. The van der Waals surface area contributed by atoms with Gasteiger partial charge >= 0.3 is 12.4 Å². The predicted molar refractivity (Wildman–Crippen MR) is 107 cm³/mol. The van der Waals surface area contributed by atoms with Crippen LogP contribution in [0.5, 0.6) is 17.2 Å². The van der Waals surface area contributed by atoms with Gasteiger partial charge in [-0.2, -0.15) is 8.78 Å². The number of H-pyrrole nitrogens is 1. The van der Waals surface area contributed by atoms with Crippen LogP contribution in [-0.2, 0) is 0 Å². The maximum Gasteiger partial charge on any atom is 0.387 e. The molecular weight excluding hydrogens is 392 g/mol. The Hall–Kier alpha value is -3.94. The fraction of sp³-hybridized carbons (Fsp3) is 0.0909. The van der Waals surface area contributed by atoms with Crippen molar-refractivity contribution in [1.82, 2.24) is 4.98 Å². The van der Waals surface area contributed by atoms with Crippen molar-refractivity contribution in [3.63, 3.8) is 0 Å². The van der Waals surface area contributed by atoms with Crippen LogP contribution >= 0.6 is 0 Å². The SMILES string of the molecule is Oc1ccc[nH+]c1N[C@H](c1ccc(OC(F)F)cc1)c1ccc2cccnc2c1O. The summed E-state index contributed by atoms with van der Waals surface area (Å²) >= 11 is 0. The second-order valence-corrected chi connectivity index (χ2v) is 6.53. The summed E-state index contributed by atoms with van der Waals surface area (Å²) in [5.41, 5.74) is 1.58. The van der Waals surface area contributed by atoms with E-state index in [1.54, 1.807) is 42.7 Å². The molecule has 6 nitrogen and oxygen atoms in total. The van der Waals surface area contributed by atoms with Crippen LogP contribution in [-0.4, -0.2) is 21.8 Å². The molecule has 0 aliphatic heterocycles. The van der Waals surface area contributed by atoms with Crippen LogP contribution in [0.15, 0.2) is 73.1 Å². The lowest BCUT2D eigenvalue weighted by atomic mass is 9.96. The number of pyridine rings is 2. The Morgan fingerprint density at radius 3 is 2.50 bits per heavy atom. The average molecular weight is 410 g/mol. The van der Waals surface area contributed by atoms with Gasteiger partial charge in [0.2, 0.25) is 5.75 Å². The number of nitrogens with zero attached hydrogens (tertiary/aromatic N) is 1. The van der Waals surface area contributed by atoms with Crippen molar-refractivity contribution in [1.29, 1.82) is 0 Å². The Morgan fingerprint density at radius 2 is 1.77 bits per heavy atom. The minimum absolute atomic E-state index is 0.0152. The van der Waals surface area contributed by atoms with Gasteiger partial charge in [0.05, 0.1) is 6.20 Å². The Morgan fingerprint density at radius 1 is 0.967 bits per heavy atom. The average Bonchev–Trinajstić information content (AvgIpc) is 2.74. The van der Waals surface area contributed by atoms with E-state index in [1.807, 2.05) is 12.1 Å². The van der Waals surface area contributed by atoms with Crippen molar-refractivity contribution in [3.05, 3.63) is 84.2 Å². The van der Waals surface area contributed by atoms with Crippen LogP contribution in [0.25, 0.3) is 10.9 Å². The van der Waals surface area contributed by atoms with Crippen LogP contribution in [0.3, 0.4) is 0 Å². The minimum atomic E-state index is -2.92. The highest BCUT2D eigenvalue weighted by Crippen LogP contribution is 2.37. The smallest absolute Gasteiger partial charge is 0.387 e. The van der Waals surface area contributed by atoms with Gasteiger partial charge in [-0.25, -0.2) is 4.98 Å². The molecule has 2 aromatic heterocycles. The summed E-state index contributed by atoms with van der Waals surface area (Å²) in [5.74, 6) is 0.314. The zero-order chi connectivity index (χ0) is 21.1. The Labute approximate surface area is 170 Å². The lowest BCUT2D eigenvalue weighted by molar-refractivity contribution is -0.362. The van der Waals surface area contributed by atoms with Crippen molar-refractivity contribution in [2.24, 2.45) is 0 Å². The first kappa shape index (κ1) is 19.4. The highest BCUT2D eigenvalue weighted by Gasteiger charge is 2.26. The van der Waals surface area contributed by atoms with Gasteiger partial charge in [-0.1, -0.05) is 24.3 Å². The van der Waals surface area contributed by atoms with Crippen molar-refractivity contribution in [2.75, 3.05) is 5.32 Å². The van der Waals surface area contributed by atoms with Crippen LogP contribution < -0.4 is 15.0 Å². The third kappa shape index (κ3) is 3.93. The van der Waals surface area contributed by atoms with Crippen molar-refractivity contribution in [3.8, 4) is 17.2 Å². The first-order valence-corrected chi connectivity index (χ1v) is 9.10. The van der Waals surface area contributed by atoms with Crippen molar-refractivity contribution >= 4 is 16.7 Å². The summed E-state index contributed by atoms with van der Waals surface area (Å²) in [6, 6.07) is 15.8. The number of halogens is 2. The minimum Gasteiger partial charge on any atom is -0.505 e. The molecular formula is C22H18F2N3O3+. The summed E-state index contributed by atoms with van der Waals surface area (Å²) in [7, 11) is 0. The first-order chi connectivity index (χ1) is 14.5. The van der Waals surface area contributed by atoms with E-state index in [0.717, 1.165) is 5.39 Å². The molecule has 2 aromatic carbocycles. The molecule has 0 amide bonds. The third-order valence-corrected chi connectivity index (χ3v) is 4.65. The molecule has 0 saturated heterocycles. The van der Waals surface area contributed by atoms with Gasteiger partial charge in [0.15, 0.2) is 0 Å². The van der Waals surface area contributed by atoms with E-state index >= 15 is 0 Å². The summed E-state index contributed by atoms with van der Waals surface area (Å²) in [6.07, 6.45) is 3.22. The number of aromatic amines is 1. The molecule has 8 heteroatoms. The first-order valence-electron chi connectivity index (χ1n) is 9.10. The Balaban J connectivity index is 1.80. The standard InChI is InChI=1S/C22H17F2N3O3/c23-22(24)30-15-8-5-14(6-9-15)18(27-21-17(28)4-2-12-26-21)16-10-7-13-3-1-11-25-19(13)20(16)29/h1-12,18,22,28-29H,(H,26,27)/p+1/t18-/m1/s1.